The molecule has 0 amide bonds. The Kier molecular flexibility index (Phi) is 4.89. The number of hydrogen-bond acceptors (Lipinski definition) is 4. The first-order valence-electron chi connectivity index (χ1n) is 7.25. The molecule has 1 heterocycles. The third-order valence-electron chi connectivity index (χ3n) is 3.65. The summed E-state index contributed by atoms with van der Waals surface area (Å²) in [6, 6.07) is 5.69. The Labute approximate surface area is 121 Å². The number of nitrogens with two attached hydrogens (primary N) is 1. The molecule has 2 rings (SSSR count). The van der Waals surface area contributed by atoms with Crippen molar-refractivity contribution >= 4 is 0 Å². The van der Waals surface area contributed by atoms with E-state index < -0.39 is 0 Å². The lowest BCUT2D eigenvalue weighted by Gasteiger charge is -2.33. The van der Waals surface area contributed by atoms with Gasteiger partial charge in [0, 0.05) is 18.9 Å². The Bertz CT molecular complexity index is 437. The second-order valence-electron chi connectivity index (χ2n) is 5.63. The summed E-state index contributed by atoms with van der Waals surface area (Å²) in [5.74, 6) is 1.61. The molecule has 3 unspecified atom stereocenters. The highest BCUT2D eigenvalue weighted by molar-refractivity contribution is 5.46. The predicted molar refractivity (Wildman–Crippen MR) is 79.3 cm³/mol. The molecular formula is C16H25NO3. The molecule has 1 fully saturated rings. The van der Waals surface area contributed by atoms with Crippen molar-refractivity contribution in [1.29, 1.82) is 0 Å². The van der Waals surface area contributed by atoms with Crippen LogP contribution in [0.2, 0.25) is 0 Å². The van der Waals surface area contributed by atoms with E-state index in [2.05, 4.69) is 13.8 Å². The van der Waals surface area contributed by atoms with Crippen molar-refractivity contribution in [3.05, 3.63) is 23.8 Å². The zero-order valence-electron chi connectivity index (χ0n) is 12.8. The standard InChI is InChI=1S/C16H25NO3/c1-10-8-13(9-11(2)19-10)20-15-7-5-6-14(18-4)16(15)12(3)17/h5-7,10-13H,8-9,17H2,1-4H3. The Balaban J connectivity index is 2.20. The molecule has 1 aliphatic heterocycles. The Morgan fingerprint density at radius 2 is 1.80 bits per heavy atom. The molecule has 0 aromatic heterocycles. The minimum Gasteiger partial charge on any atom is -0.496 e. The molecule has 0 spiro atoms. The SMILES string of the molecule is COc1cccc(OC2CC(C)OC(C)C2)c1C(C)N. The van der Waals surface area contributed by atoms with Gasteiger partial charge in [0.2, 0.25) is 0 Å². The number of methoxy groups -OCH3 is 1. The van der Waals surface area contributed by atoms with Crippen LogP contribution in [0.4, 0.5) is 0 Å². The minimum absolute atomic E-state index is 0.129. The van der Waals surface area contributed by atoms with Crippen molar-refractivity contribution in [2.75, 3.05) is 7.11 Å². The van der Waals surface area contributed by atoms with Crippen LogP contribution in [-0.2, 0) is 4.74 Å². The van der Waals surface area contributed by atoms with Crippen LogP contribution in [0.3, 0.4) is 0 Å². The average molecular weight is 279 g/mol. The zero-order valence-corrected chi connectivity index (χ0v) is 12.8. The molecule has 0 aliphatic carbocycles. The first-order chi connectivity index (χ1) is 9.51. The molecule has 112 valence electrons. The van der Waals surface area contributed by atoms with E-state index in [0.29, 0.717) is 0 Å². The Hall–Kier alpha value is -1.26. The molecule has 0 saturated carbocycles. The van der Waals surface area contributed by atoms with E-state index in [0.717, 1.165) is 29.9 Å². The van der Waals surface area contributed by atoms with E-state index in [-0.39, 0.29) is 24.4 Å². The molecule has 4 heteroatoms. The monoisotopic (exact) mass is 279 g/mol. The lowest BCUT2D eigenvalue weighted by Crippen LogP contribution is -2.36. The quantitative estimate of drug-likeness (QED) is 0.920. The zero-order chi connectivity index (χ0) is 14.7. The van der Waals surface area contributed by atoms with Crippen LogP contribution >= 0.6 is 0 Å². The fourth-order valence-corrected chi connectivity index (χ4v) is 2.87. The molecule has 2 N–H and O–H groups in total. The van der Waals surface area contributed by atoms with Crippen LogP contribution in [0.5, 0.6) is 11.5 Å². The summed E-state index contributed by atoms with van der Waals surface area (Å²) in [6.45, 7) is 6.12. The van der Waals surface area contributed by atoms with E-state index >= 15 is 0 Å². The van der Waals surface area contributed by atoms with Crippen LogP contribution in [0, 0.1) is 0 Å². The molecule has 1 aromatic rings. The summed E-state index contributed by atoms with van der Waals surface area (Å²) in [5, 5.41) is 0. The summed E-state index contributed by atoms with van der Waals surface area (Å²) in [7, 11) is 1.66. The van der Waals surface area contributed by atoms with Gasteiger partial charge in [-0.3, -0.25) is 0 Å². The summed E-state index contributed by atoms with van der Waals surface area (Å²) in [5.41, 5.74) is 7.00. The number of ether oxygens (including phenoxy) is 3. The third-order valence-corrected chi connectivity index (χ3v) is 3.65. The normalized spacial score (nSPS) is 27.9. The van der Waals surface area contributed by atoms with Crippen molar-refractivity contribution in [3.63, 3.8) is 0 Å². The van der Waals surface area contributed by atoms with Crippen LogP contribution in [0.1, 0.15) is 45.2 Å². The van der Waals surface area contributed by atoms with Gasteiger partial charge in [-0.2, -0.15) is 0 Å². The second kappa shape index (κ2) is 6.46. The number of rotatable bonds is 4. The Morgan fingerprint density at radius 1 is 1.20 bits per heavy atom. The van der Waals surface area contributed by atoms with E-state index in [9.17, 15) is 0 Å². The van der Waals surface area contributed by atoms with Gasteiger partial charge in [-0.05, 0) is 32.9 Å². The molecule has 1 aromatic carbocycles. The van der Waals surface area contributed by atoms with Gasteiger partial charge in [-0.15, -0.1) is 0 Å². The largest absolute Gasteiger partial charge is 0.496 e. The Morgan fingerprint density at radius 3 is 2.35 bits per heavy atom. The highest BCUT2D eigenvalue weighted by Crippen LogP contribution is 2.35. The van der Waals surface area contributed by atoms with Crippen LogP contribution in [-0.4, -0.2) is 25.4 Å². The average Bonchev–Trinajstić information content (AvgIpc) is 2.36. The molecule has 1 saturated heterocycles. The lowest BCUT2D eigenvalue weighted by atomic mass is 10.0. The van der Waals surface area contributed by atoms with Gasteiger partial charge in [0.25, 0.3) is 0 Å². The van der Waals surface area contributed by atoms with Gasteiger partial charge in [-0.1, -0.05) is 6.07 Å². The molecule has 3 atom stereocenters. The highest BCUT2D eigenvalue weighted by atomic mass is 16.5. The lowest BCUT2D eigenvalue weighted by molar-refractivity contribution is -0.0723. The molecule has 4 nitrogen and oxygen atoms in total. The van der Waals surface area contributed by atoms with E-state index in [4.69, 9.17) is 19.9 Å². The second-order valence-corrected chi connectivity index (χ2v) is 5.63. The fourth-order valence-electron chi connectivity index (χ4n) is 2.87. The van der Waals surface area contributed by atoms with Gasteiger partial charge in [-0.25, -0.2) is 0 Å². The van der Waals surface area contributed by atoms with Crippen molar-refractivity contribution in [1.82, 2.24) is 0 Å². The van der Waals surface area contributed by atoms with Gasteiger partial charge < -0.3 is 19.9 Å². The third kappa shape index (κ3) is 3.44. The van der Waals surface area contributed by atoms with Crippen molar-refractivity contribution in [2.45, 2.75) is 58.0 Å². The summed E-state index contributed by atoms with van der Waals surface area (Å²) in [4.78, 5) is 0. The summed E-state index contributed by atoms with van der Waals surface area (Å²) in [6.07, 6.45) is 2.43. The first-order valence-corrected chi connectivity index (χ1v) is 7.25. The maximum atomic E-state index is 6.19. The van der Waals surface area contributed by atoms with E-state index in [1.165, 1.54) is 0 Å². The van der Waals surface area contributed by atoms with Crippen molar-refractivity contribution < 1.29 is 14.2 Å². The van der Waals surface area contributed by atoms with Gasteiger partial charge in [0.15, 0.2) is 0 Å². The number of benzene rings is 1. The van der Waals surface area contributed by atoms with E-state index in [1.54, 1.807) is 7.11 Å². The van der Waals surface area contributed by atoms with Crippen LogP contribution in [0.25, 0.3) is 0 Å². The van der Waals surface area contributed by atoms with Gasteiger partial charge >= 0.3 is 0 Å². The maximum absolute atomic E-state index is 6.19. The van der Waals surface area contributed by atoms with Crippen LogP contribution < -0.4 is 15.2 Å². The maximum Gasteiger partial charge on any atom is 0.128 e. The summed E-state index contributed by atoms with van der Waals surface area (Å²) >= 11 is 0. The highest BCUT2D eigenvalue weighted by Gasteiger charge is 2.27. The fraction of sp³-hybridized carbons (Fsp3) is 0.625. The molecule has 20 heavy (non-hydrogen) atoms. The predicted octanol–water partition coefficient (Wildman–Crippen LogP) is 3.05. The molecular weight excluding hydrogens is 254 g/mol. The number of hydrogen-bond donors (Lipinski definition) is 1. The van der Waals surface area contributed by atoms with Crippen molar-refractivity contribution in [3.8, 4) is 11.5 Å². The van der Waals surface area contributed by atoms with E-state index in [1.807, 2.05) is 25.1 Å². The molecule has 0 bridgehead atoms. The first kappa shape index (κ1) is 15.1. The van der Waals surface area contributed by atoms with Gasteiger partial charge in [0.1, 0.15) is 17.6 Å². The minimum atomic E-state index is -0.129. The van der Waals surface area contributed by atoms with Crippen LogP contribution in [0.15, 0.2) is 18.2 Å². The van der Waals surface area contributed by atoms with Crippen molar-refractivity contribution in [2.24, 2.45) is 5.73 Å². The van der Waals surface area contributed by atoms with Gasteiger partial charge in [0.05, 0.1) is 24.9 Å². The topological polar surface area (TPSA) is 53.7 Å². The smallest absolute Gasteiger partial charge is 0.128 e. The molecule has 1 aliphatic rings. The summed E-state index contributed by atoms with van der Waals surface area (Å²) < 4.78 is 17.3. The molecule has 0 radical (unpaired) electrons.